The normalized spacial score (nSPS) is 14.9. The minimum absolute atomic E-state index is 0.192. The van der Waals surface area contributed by atoms with Crippen molar-refractivity contribution in [2.75, 3.05) is 49.2 Å². The van der Waals surface area contributed by atoms with Crippen LogP contribution in [0.1, 0.15) is 15.9 Å². The lowest BCUT2D eigenvalue weighted by Gasteiger charge is -2.35. The molecule has 0 atom stereocenters. The molecule has 2 aromatic carbocycles. The van der Waals surface area contributed by atoms with Crippen molar-refractivity contribution in [3.63, 3.8) is 0 Å². The van der Waals surface area contributed by atoms with E-state index in [2.05, 4.69) is 21.6 Å². The van der Waals surface area contributed by atoms with E-state index in [1.54, 1.807) is 0 Å². The summed E-state index contributed by atoms with van der Waals surface area (Å²) < 4.78 is 26.8. The molecule has 1 fully saturated rings. The van der Waals surface area contributed by atoms with E-state index in [1.807, 2.05) is 25.1 Å². The summed E-state index contributed by atoms with van der Waals surface area (Å²) in [4.78, 5) is 26.3. The number of halogens is 1. The van der Waals surface area contributed by atoms with Gasteiger partial charge in [-0.2, -0.15) is 4.31 Å². The predicted molar refractivity (Wildman–Crippen MR) is 122 cm³/mol. The standard InChI is InChI=1S/C21H25ClN4O4S/c1-15-4-3-5-17(12-15)25-8-10-26(11-9-25)31(29,30)14-20(27)24-16-6-7-19(22)18(13-16)21(28)23-2/h3-7,12-13H,8-11,14H2,1-2H3,(H,23,28)(H,24,27). The average Bonchev–Trinajstić information content (AvgIpc) is 2.74. The number of rotatable bonds is 6. The van der Waals surface area contributed by atoms with Gasteiger partial charge in [0, 0.05) is 44.6 Å². The van der Waals surface area contributed by atoms with E-state index >= 15 is 0 Å². The maximum atomic E-state index is 12.7. The molecular formula is C21H25ClN4O4S. The van der Waals surface area contributed by atoms with Crippen LogP contribution in [0.4, 0.5) is 11.4 Å². The van der Waals surface area contributed by atoms with E-state index in [1.165, 1.54) is 29.6 Å². The first-order chi connectivity index (χ1) is 14.7. The summed E-state index contributed by atoms with van der Waals surface area (Å²) in [5.74, 6) is -1.75. The Morgan fingerprint density at radius 3 is 2.42 bits per heavy atom. The van der Waals surface area contributed by atoms with Crippen molar-refractivity contribution < 1.29 is 18.0 Å². The Balaban J connectivity index is 1.60. The summed E-state index contributed by atoms with van der Waals surface area (Å²) in [6.07, 6.45) is 0. The van der Waals surface area contributed by atoms with Crippen LogP contribution in [0.25, 0.3) is 0 Å². The number of amides is 2. The average molecular weight is 465 g/mol. The Bertz CT molecular complexity index is 1080. The zero-order valence-corrected chi connectivity index (χ0v) is 19.0. The highest BCUT2D eigenvalue weighted by Crippen LogP contribution is 2.21. The number of sulfonamides is 1. The topological polar surface area (TPSA) is 98.8 Å². The molecule has 1 aliphatic heterocycles. The number of piperazine rings is 1. The number of hydrogen-bond donors (Lipinski definition) is 2. The van der Waals surface area contributed by atoms with Crippen LogP contribution in [0.15, 0.2) is 42.5 Å². The second kappa shape index (κ2) is 9.67. The first-order valence-corrected chi connectivity index (χ1v) is 11.8. The van der Waals surface area contributed by atoms with Gasteiger partial charge in [-0.05, 0) is 42.8 Å². The van der Waals surface area contributed by atoms with E-state index in [-0.39, 0.29) is 10.6 Å². The number of carbonyl (C=O) groups is 2. The molecule has 1 aliphatic rings. The van der Waals surface area contributed by atoms with Crippen LogP contribution in [0, 0.1) is 6.92 Å². The number of hydrogen-bond acceptors (Lipinski definition) is 5. The fraction of sp³-hybridized carbons (Fsp3) is 0.333. The van der Waals surface area contributed by atoms with Gasteiger partial charge in [0.25, 0.3) is 5.91 Å². The Labute approximate surface area is 187 Å². The van der Waals surface area contributed by atoms with Gasteiger partial charge in [0.2, 0.25) is 15.9 Å². The van der Waals surface area contributed by atoms with Crippen molar-refractivity contribution >= 4 is 44.8 Å². The third kappa shape index (κ3) is 5.75. The Morgan fingerprint density at radius 2 is 1.77 bits per heavy atom. The van der Waals surface area contributed by atoms with Crippen molar-refractivity contribution in [3.05, 3.63) is 58.6 Å². The van der Waals surface area contributed by atoms with E-state index in [4.69, 9.17) is 11.6 Å². The van der Waals surface area contributed by atoms with Crippen LogP contribution in [0.5, 0.6) is 0 Å². The largest absolute Gasteiger partial charge is 0.369 e. The molecule has 0 bridgehead atoms. The van der Waals surface area contributed by atoms with Gasteiger partial charge in [-0.1, -0.05) is 23.7 Å². The van der Waals surface area contributed by atoms with Crippen LogP contribution in [-0.4, -0.2) is 63.5 Å². The second-order valence-corrected chi connectivity index (χ2v) is 9.68. The summed E-state index contributed by atoms with van der Waals surface area (Å²) in [5.41, 5.74) is 2.69. The predicted octanol–water partition coefficient (Wildman–Crippen LogP) is 2.10. The number of nitrogens with one attached hydrogen (secondary N) is 2. The van der Waals surface area contributed by atoms with E-state index in [0.717, 1.165) is 11.3 Å². The Hall–Kier alpha value is -2.62. The van der Waals surface area contributed by atoms with Gasteiger partial charge in [-0.25, -0.2) is 8.42 Å². The number of anilines is 2. The van der Waals surface area contributed by atoms with E-state index < -0.39 is 27.6 Å². The quantitative estimate of drug-likeness (QED) is 0.682. The molecule has 1 heterocycles. The van der Waals surface area contributed by atoms with Crippen LogP contribution >= 0.6 is 11.6 Å². The number of nitrogens with zero attached hydrogens (tertiary/aromatic N) is 2. The lowest BCUT2D eigenvalue weighted by Crippen LogP contribution is -2.50. The summed E-state index contributed by atoms with van der Waals surface area (Å²) >= 11 is 6.00. The third-order valence-electron chi connectivity index (χ3n) is 5.03. The van der Waals surface area contributed by atoms with Crippen LogP contribution in [0.2, 0.25) is 5.02 Å². The zero-order valence-electron chi connectivity index (χ0n) is 17.4. The molecule has 0 saturated carbocycles. The highest BCUT2D eigenvalue weighted by Gasteiger charge is 2.29. The zero-order chi connectivity index (χ0) is 22.6. The van der Waals surface area contributed by atoms with E-state index in [9.17, 15) is 18.0 Å². The molecule has 166 valence electrons. The molecule has 10 heteroatoms. The number of aryl methyl sites for hydroxylation is 1. The van der Waals surface area contributed by atoms with Crippen LogP contribution < -0.4 is 15.5 Å². The van der Waals surface area contributed by atoms with Gasteiger partial charge in [0.15, 0.2) is 0 Å². The molecule has 0 spiro atoms. The van der Waals surface area contributed by atoms with Crippen molar-refractivity contribution in [3.8, 4) is 0 Å². The maximum Gasteiger partial charge on any atom is 0.252 e. The molecule has 31 heavy (non-hydrogen) atoms. The highest BCUT2D eigenvalue weighted by atomic mass is 35.5. The summed E-state index contributed by atoms with van der Waals surface area (Å²) in [5, 5.41) is 5.22. The van der Waals surface area contributed by atoms with E-state index in [0.29, 0.717) is 31.9 Å². The maximum absolute atomic E-state index is 12.7. The number of benzene rings is 2. The molecule has 0 unspecified atom stereocenters. The summed E-state index contributed by atoms with van der Waals surface area (Å²) in [6.45, 7) is 3.74. The minimum atomic E-state index is -3.77. The first kappa shape index (κ1) is 23.1. The lowest BCUT2D eigenvalue weighted by atomic mass is 10.2. The third-order valence-corrected chi connectivity index (χ3v) is 7.14. The van der Waals surface area contributed by atoms with Gasteiger partial charge in [0.05, 0.1) is 10.6 Å². The molecule has 0 radical (unpaired) electrons. The summed E-state index contributed by atoms with van der Waals surface area (Å²) in [6, 6.07) is 12.5. The molecule has 2 amide bonds. The molecule has 2 N–H and O–H groups in total. The molecule has 0 aliphatic carbocycles. The molecular weight excluding hydrogens is 440 g/mol. The monoisotopic (exact) mass is 464 g/mol. The molecule has 0 aromatic heterocycles. The van der Waals surface area contributed by atoms with Gasteiger partial charge >= 0.3 is 0 Å². The summed E-state index contributed by atoms with van der Waals surface area (Å²) in [7, 11) is -2.30. The SMILES string of the molecule is CNC(=O)c1cc(NC(=O)CS(=O)(=O)N2CCN(c3cccc(C)c3)CC2)ccc1Cl. The highest BCUT2D eigenvalue weighted by molar-refractivity contribution is 7.89. The Morgan fingerprint density at radius 1 is 1.06 bits per heavy atom. The second-order valence-electron chi connectivity index (χ2n) is 7.30. The molecule has 1 saturated heterocycles. The van der Waals surface area contributed by atoms with Crippen molar-refractivity contribution in [2.45, 2.75) is 6.92 Å². The minimum Gasteiger partial charge on any atom is -0.369 e. The molecule has 3 rings (SSSR count). The fourth-order valence-corrected chi connectivity index (χ4v) is 4.92. The van der Waals surface area contributed by atoms with Gasteiger partial charge < -0.3 is 15.5 Å². The van der Waals surface area contributed by atoms with Gasteiger partial charge in [-0.3, -0.25) is 9.59 Å². The molecule has 2 aromatic rings. The van der Waals surface area contributed by atoms with Crippen molar-refractivity contribution in [2.24, 2.45) is 0 Å². The lowest BCUT2D eigenvalue weighted by molar-refractivity contribution is -0.113. The molecule has 8 nitrogen and oxygen atoms in total. The van der Waals surface area contributed by atoms with Gasteiger partial charge in [0.1, 0.15) is 5.75 Å². The van der Waals surface area contributed by atoms with Crippen molar-refractivity contribution in [1.29, 1.82) is 0 Å². The van der Waals surface area contributed by atoms with Crippen LogP contribution in [-0.2, 0) is 14.8 Å². The Kier molecular flexibility index (Phi) is 7.19. The first-order valence-electron chi connectivity index (χ1n) is 9.80. The smallest absolute Gasteiger partial charge is 0.252 e. The van der Waals surface area contributed by atoms with Gasteiger partial charge in [-0.15, -0.1) is 0 Å². The fourth-order valence-electron chi connectivity index (χ4n) is 3.41. The van der Waals surface area contributed by atoms with Crippen molar-refractivity contribution in [1.82, 2.24) is 9.62 Å². The van der Waals surface area contributed by atoms with Crippen LogP contribution in [0.3, 0.4) is 0 Å². The number of carbonyl (C=O) groups excluding carboxylic acids is 2.